The molecule has 3 aliphatic rings. The maximum atomic E-state index is 14.2. The van der Waals surface area contributed by atoms with Crippen molar-refractivity contribution in [2.75, 3.05) is 12.4 Å². The number of methoxy groups -OCH3 is 1. The van der Waals surface area contributed by atoms with Gasteiger partial charge in [0.05, 0.1) is 24.6 Å². The second-order valence-electron chi connectivity index (χ2n) is 7.27. The highest BCUT2D eigenvalue weighted by molar-refractivity contribution is 6.22. The minimum Gasteiger partial charge on any atom is -0.480 e. The number of rotatable bonds is 4. The van der Waals surface area contributed by atoms with Gasteiger partial charge in [0, 0.05) is 23.5 Å². The van der Waals surface area contributed by atoms with E-state index < -0.39 is 11.2 Å². The van der Waals surface area contributed by atoms with Crippen LogP contribution in [0.25, 0.3) is 0 Å². The molecule has 1 aromatic heterocycles. The predicted octanol–water partition coefficient (Wildman–Crippen LogP) is 3.59. The Balaban J connectivity index is 1.72. The quantitative estimate of drug-likeness (QED) is 0.726. The van der Waals surface area contributed by atoms with E-state index in [0.717, 1.165) is 17.7 Å². The number of hydrogen-bond donors (Lipinski definition) is 2. The Morgan fingerprint density at radius 3 is 2.90 bits per heavy atom. The van der Waals surface area contributed by atoms with Gasteiger partial charge in [-0.2, -0.15) is 4.98 Å². The molecule has 0 amide bonds. The lowest BCUT2D eigenvalue weighted by Gasteiger charge is -2.28. The van der Waals surface area contributed by atoms with Gasteiger partial charge in [-0.1, -0.05) is 6.08 Å². The Morgan fingerprint density at radius 2 is 2.17 bits per heavy atom. The first-order valence-corrected chi connectivity index (χ1v) is 9.82. The molecule has 2 aliphatic heterocycles. The van der Waals surface area contributed by atoms with Crippen molar-refractivity contribution >= 4 is 17.5 Å². The van der Waals surface area contributed by atoms with Crippen LogP contribution in [0.15, 0.2) is 57.9 Å². The first-order valence-electron chi connectivity index (χ1n) is 9.39. The number of aryl methyl sites for hydroxylation is 1. The monoisotopic (exact) mass is 422 g/mol. The van der Waals surface area contributed by atoms with Gasteiger partial charge in [0.25, 0.3) is 5.56 Å². The van der Waals surface area contributed by atoms with Crippen LogP contribution >= 0.6 is 11.6 Å². The first kappa shape index (κ1) is 19.7. The summed E-state index contributed by atoms with van der Waals surface area (Å²) in [4.78, 5) is 16.2. The van der Waals surface area contributed by atoms with Gasteiger partial charge in [0.2, 0.25) is 11.8 Å². The van der Waals surface area contributed by atoms with E-state index in [2.05, 4.69) is 15.6 Å². The standard InChI is InChI=1S/C20H21ClF2N4O2/c1-10-16(9-15(23)19(24-10)29-2)25-20-26-18(28)8-12-4-6-17(27(12)20)11-3-5-14(22)13(21)7-11/h3,5,8-10,13,17,24H,4,6-7H2,1-2H3,(H,25,26,28). The predicted molar refractivity (Wildman–Crippen MR) is 107 cm³/mol. The van der Waals surface area contributed by atoms with Crippen LogP contribution in [0, 0.1) is 0 Å². The summed E-state index contributed by atoms with van der Waals surface area (Å²) >= 11 is 6.10. The fourth-order valence-corrected chi connectivity index (χ4v) is 4.19. The van der Waals surface area contributed by atoms with Gasteiger partial charge < -0.3 is 19.9 Å². The lowest BCUT2D eigenvalue weighted by Crippen LogP contribution is -2.35. The molecule has 3 heterocycles. The second-order valence-corrected chi connectivity index (χ2v) is 7.80. The van der Waals surface area contributed by atoms with E-state index in [1.54, 1.807) is 6.08 Å². The van der Waals surface area contributed by atoms with Gasteiger partial charge in [-0.05, 0) is 37.8 Å². The van der Waals surface area contributed by atoms with Gasteiger partial charge >= 0.3 is 0 Å². The summed E-state index contributed by atoms with van der Waals surface area (Å²) in [7, 11) is 1.38. The van der Waals surface area contributed by atoms with E-state index >= 15 is 0 Å². The average molecular weight is 423 g/mol. The summed E-state index contributed by atoms with van der Waals surface area (Å²) in [5, 5.41) is 5.32. The van der Waals surface area contributed by atoms with Crippen molar-refractivity contribution in [2.45, 2.75) is 43.6 Å². The molecule has 1 aromatic rings. The lowest BCUT2D eigenvalue weighted by molar-refractivity contribution is 0.238. The Labute approximate surface area is 171 Å². The highest BCUT2D eigenvalue weighted by atomic mass is 35.5. The van der Waals surface area contributed by atoms with Crippen LogP contribution in [0.1, 0.15) is 31.5 Å². The molecule has 0 fully saturated rings. The Morgan fingerprint density at radius 1 is 1.38 bits per heavy atom. The molecular formula is C20H21ClF2N4O2. The van der Waals surface area contributed by atoms with Crippen LogP contribution in [0.2, 0.25) is 0 Å². The molecule has 154 valence electrons. The Kier molecular flexibility index (Phi) is 5.21. The molecule has 0 aromatic carbocycles. The third-order valence-electron chi connectivity index (χ3n) is 5.40. The molecule has 0 bridgehead atoms. The zero-order valence-corrected chi connectivity index (χ0v) is 16.8. The summed E-state index contributed by atoms with van der Waals surface area (Å²) in [6, 6.07) is 1.12. The van der Waals surface area contributed by atoms with Crippen molar-refractivity contribution in [1.82, 2.24) is 14.9 Å². The number of dihydropyridines is 1. The van der Waals surface area contributed by atoms with Crippen LogP contribution in [0.5, 0.6) is 0 Å². The topological polar surface area (TPSA) is 68.2 Å². The zero-order chi connectivity index (χ0) is 20.7. The Hall–Kier alpha value is -2.61. The molecule has 0 saturated carbocycles. The summed E-state index contributed by atoms with van der Waals surface area (Å²) in [6.07, 6.45) is 6.27. The largest absolute Gasteiger partial charge is 0.480 e. The van der Waals surface area contributed by atoms with Gasteiger partial charge in [0.15, 0.2) is 5.83 Å². The lowest BCUT2D eigenvalue weighted by atomic mass is 9.95. The first-order chi connectivity index (χ1) is 13.9. The minimum absolute atomic E-state index is 0.0543. The van der Waals surface area contributed by atoms with Crippen molar-refractivity contribution in [2.24, 2.45) is 0 Å². The number of ether oxygens (including phenoxy) is 1. The molecule has 0 spiro atoms. The number of hydrogen-bond acceptors (Lipinski definition) is 5. The van der Waals surface area contributed by atoms with Gasteiger partial charge in [-0.25, -0.2) is 8.78 Å². The van der Waals surface area contributed by atoms with E-state index in [1.165, 1.54) is 25.3 Å². The van der Waals surface area contributed by atoms with E-state index in [9.17, 15) is 13.6 Å². The molecule has 3 atom stereocenters. The number of aromatic nitrogens is 2. The number of halogens is 3. The van der Waals surface area contributed by atoms with Gasteiger partial charge in [-0.15, -0.1) is 11.6 Å². The van der Waals surface area contributed by atoms with Crippen molar-refractivity contribution < 1.29 is 13.5 Å². The fraction of sp³-hybridized carbons (Fsp3) is 0.400. The van der Waals surface area contributed by atoms with Crippen LogP contribution < -0.4 is 16.2 Å². The molecule has 2 N–H and O–H groups in total. The summed E-state index contributed by atoms with van der Waals surface area (Å²) in [6.45, 7) is 1.84. The molecular weight excluding hydrogens is 402 g/mol. The van der Waals surface area contributed by atoms with E-state index in [4.69, 9.17) is 16.3 Å². The summed E-state index contributed by atoms with van der Waals surface area (Å²) in [5.41, 5.74) is 1.93. The average Bonchev–Trinajstić information content (AvgIpc) is 3.10. The molecule has 0 saturated heterocycles. The van der Waals surface area contributed by atoms with Crippen LogP contribution in [0.3, 0.4) is 0 Å². The maximum absolute atomic E-state index is 14.2. The van der Waals surface area contributed by atoms with Crippen molar-refractivity contribution in [3.8, 4) is 0 Å². The number of allylic oxidation sites excluding steroid dienone is 6. The molecule has 4 rings (SSSR count). The van der Waals surface area contributed by atoms with Crippen molar-refractivity contribution in [3.63, 3.8) is 0 Å². The maximum Gasteiger partial charge on any atom is 0.274 e. The molecule has 1 aliphatic carbocycles. The highest BCUT2D eigenvalue weighted by Crippen LogP contribution is 2.39. The van der Waals surface area contributed by atoms with E-state index in [0.29, 0.717) is 24.5 Å². The number of nitrogens with zero attached hydrogens (tertiary/aromatic N) is 2. The molecule has 29 heavy (non-hydrogen) atoms. The fourth-order valence-electron chi connectivity index (χ4n) is 3.94. The minimum atomic E-state index is -0.695. The highest BCUT2D eigenvalue weighted by Gasteiger charge is 2.31. The van der Waals surface area contributed by atoms with Crippen molar-refractivity contribution in [1.29, 1.82) is 0 Å². The van der Waals surface area contributed by atoms with Crippen molar-refractivity contribution in [3.05, 3.63) is 69.1 Å². The molecule has 6 nitrogen and oxygen atoms in total. The van der Waals surface area contributed by atoms with Crippen LogP contribution in [0.4, 0.5) is 14.7 Å². The van der Waals surface area contributed by atoms with Gasteiger partial charge in [0.1, 0.15) is 5.83 Å². The van der Waals surface area contributed by atoms with E-state index in [-0.39, 0.29) is 29.4 Å². The number of nitrogens with one attached hydrogen (secondary N) is 2. The number of fused-ring (bicyclic) bond motifs is 1. The summed E-state index contributed by atoms with van der Waals surface area (Å²) in [5.74, 6) is -0.525. The SMILES string of the molecule is COC1=C(F)C=C(Nc2nc(=O)cc3n2C(C2=CC=C(F)C(Cl)C2)CC3)C(C)N1. The van der Waals surface area contributed by atoms with E-state index in [1.807, 2.05) is 11.5 Å². The van der Waals surface area contributed by atoms with Gasteiger partial charge in [-0.3, -0.25) is 4.79 Å². The van der Waals surface area contributed by atoms with Crippen LogP contribution in [-0.2, 0) is 11.2 Å². The third-order valence-corrected chi connectivity index (χ3v) is 5.76. The smallest absolute Gasteiger partial charge is 0.274 e. The van der Waals surface area contributed by atoms with Crippen LogP contribution in [-0.4, -0.2) is 28.1 Å². The summed E-state index contributed by atoms with van der Waals surface area (Å²) < 4.78 is 34.8. The zero-order valence-electron chi connectivity index (χ0n) is 16.0. The second kappa shape index (κ2) is 7.67. The third kappa shape index (κ3) is 3.69. The molecule has 3 unspecified atom stereocenters. The molecule has 0 radical (unpaired) electrons. The normalized spacial score (nSPS) is 26.2. The Bertz CT molecular complexity index is 1030. The number of anilines is 1. The number of alkyl halides is 1. The molecule has 9 heteroatoms.